The fourth-order valence-electron chi connectivity index (χ4n) is 2.52. The highest BCUT2D eigenvalue weighted by molar-refractivity contribution is 9.10. The van der Waals surface area contributed by atoms with E-state index in [-0.39, 0.29) is 17.3 Å². The van der Waals surface area contributed by atoms with E-state index < -0.39 is 5.97 Å². The number of methoxy groups -OCH3 is 1. The number of hydrogen-bond acceptors (Lipinski definition) is 5. The van der Waals surface area contributed by atoms with Gasteiger partial charge in [0.2, 0.25) is 0 Å². The third-order valence-corrected chi connectivity index (χ3v) is 4.39. The molecular weight excluding hydrogens is 426 g/mol. The van der Waals surface area contributed by atoms with Gasteiger partial charge in [0.15, 0.2) is 5.69 Å². The van der Waals surface area contributed by atoms with E-state index in [1.165, 1.54) is 11.8 Å². The van der Waals surface area contributed by atoms with Gasteiger partial charge in [0, 0.05) is 23.3 Å². The number of amides is 1. The number of nitrogens with one attached hydrogen (secondary N) is 1. The predicted octanol–water partition coefficient (Wildman–Crippen LogP) is 3.80. The summed E-state index contributed by atoms with van der Waals surface area (Å²) >= 11 is 3.38. The van der Waals surface area contributed by atoms with Gasteiger partial charge in [-0.3, -0.25) is 9.48 Å². The number of anilines is 1. The Morgan fingerprint density at radius 3 is 2.64 bits per heavy atom. The maximum Gasteiger partial charge on any atom is 0.360 e. The maximum atomic E-state index is 12.6. The van der Waals surface area contributed by atoms with Crippen molar-refractivity contribution in [3.63, 3.8) is 0 Å². The average molecular weight is 444 g/mol. The van der Waals surface area contributed by atoms with Crippen molar-refractivity contribution in [1.82, 2.24) is 9.78 Å². The van der Waals surface area contributed by atoms with Crippen molar-refractivity contribution in [2.45, 2.75) is 6.61 Å². The Morgan fingerprint density at radius 2 is 1.93 bits per heavy atom. The number of nitrogens with zero attached hydrogens (tertiary/aromatic N) is 2. The van der Waals surface area contributed by atoms with Gasteiger partial charge in [-0.1, -0.05) is 28.1 Å². The Balaban J connectivity index is 1.70. The second-order valence-corrected chi connectivity index (χ2v) is 6.87. The standard InChI is InChI=1S/C20H18BrN3O4/c1-24-11-17(18(23-24)20(26)27-2)22-19(25)14-5-3-4-13(10-14)12-28-16-8-6-15(21)7-9-16/h3-11H,12H2,1-2H3,(H,22,25). The summed E-state index contributed by atoms with van der Waals surface area (Å²) in [5.74, 6) is -0.243. The lowest BCUT2D eigenvalue weighted by atomic mass is 10.1. The van der Waals surface area contributed by atoms with Gasteiger partial charge in [-0.2, -0.15) is 5.10 Å². The summed E-state index contributed by atoms with van der Waals surface area (Å²) in [5.41, 5.74) is 1.62. The summed E-state index contributed by atoms with van der Waals surface area (Å²) < 4.78 is 12.8. The van der Waals surface area contributed by atoms with Crippen LogP contribution < -0.4 is 10.1 Å². The van der Waals surface area contributed by atoms with Crippen LogP contribution in [0.15, 0.2) is 59.2 Å². The highest BCUT2D eigenvalue weighted by Gasteiger charge is 2.19. The molecule has 0 aliphatic rings. The molecule has 0 aliphatic heterocycles. The van der Waals surface area contributed by atoms with Gasteiger partial charge in [0.1, 0.15) is 12.4 Å². The maximum absolute atomic E-state index is 12.6. The second-order valence-electron chi connectivity index (χ2n) is 5.95. The van der Waals surface area contributed by atoms with E-state index >= 15 is 0 Å². The van der Waals surface area contributed by atoms with Gasteiger partial charge in [-0.15, -0.1) is 0 Å². The fourth-order valence-corrected chi connectivity index (χ4v) is 2.79. The molecule has 0 bridgehead atoms. The van der Waals surface area contributed by atoms with Crippen LogP contribution in [0.4, 0.5) is 5.69 Å². The fraction of sp³-hybridized carbons (Fsp3) is 0.150. The summed E-state index contributed by atoms with van der Waals surface area (Å²) in [4.78, 5) is 24.4. The zero-order valence-corrected chi connectivity index (χ0v) is 16.9. The Labute approximate surface area is 170 Å². The van der Waals surface area contributed by atoms with Crippen molar-refractivity contribution in [1.29, 1.82) is 0 Å². The predicted molar refractivity (Wildman–Crippen MR) is 107 cm³/mol. The summed E-state index contributed by atoms with van der Waals surface area (Å²) in [6.45, 7) is 0.322. The van der Waals surface area contributed by atoms with Crippen LogP contribution in [0.3, 0.4) is 0 Å². The molecular formula is C20H18BrN3O4. The molecule has 8 heteroatoms. The van der Waals surface area contributed by atoms with Gasteiger partial charge in [-0.05, 0) is 42.0 Å². The average Bonchev–Trinajstić information content (AvgIpc) is 3.07. The van der Waals surface area contributed by atoms with Crippen LogP contribution in [0.1, 0.15) is 26.4 Å². The van der Waals surface area contributed by atoms with Crippen LogP contribution in [-0.2, 0) is 18.4 Å². The van der Waals surface area contributed by atoms with E-state index in [1.54, 1.807) is 31.4 Å². The molecule has 3 rings (SSSR count). The molecule has 7 nitrogen and oxygen atoms in total. The lowest BCUT2D eigenvalue weighted by Gasteiger charge is -2.09. The minimum atomic E-state index is -0.618. The molecule has 0 saturated heterocycles. The highest BCUT2D eigenvalue weighted by Crippen LogP contribution is 2.19. The zero-order chi connectivity index (χ0) is 20.1. The lowest BCUT2D eigenvalue weighted by Crippen LogP contribution is -2.15. The summed E-state index contributed by atoms with van der Waals surface area (Å²) in [6.07, 6.45) is 1.55. The van der Waals surface area contributed by atoms with Gasteiger partial charge >= 0.3 is 5.97 Å². The zero-order valence-electron chi connectivity index (χ0n) is 15.3. The third-order valence-electron chi connectivity index (χ3n) is 3.86. The van der Waals surface area contributed by atoms with Gasteiger partial charge in [0.05, 0.1) is 12.8 Å². The molecule has 0 radical (unpaired) electrons. The van der Waals surface area contributed by atoms with Crippen molar-refractivity contribution < 1.29 is 19.1 Å². The van der Waals surface area contributed by atoms with Crippen LogP contribution in [0, 0.1) is 0 Å². The van der Waals surface area contributed by atoms with E-state index in [9.17, 15) is 9.59 Å². The first-order valence-corrected chi connectivity index (χ1v) is 9.16. The number of esters is 1. The van der Waals surface area contributed by atoms with Crippen LogP contribution in [0.25, 0.3) is 0 Å². The second kappa shape index (κ2) is 8.71. The summed E-state index contributed by atoms with van der Waals surface area (Å²) in [7, 11) is 2.92. The van der Waals surface area contributed by atoms with Gasteiger partial charge in [-0.25, -0.2) is 4.79 Å². The first-order chi connectivity index (χ1) is 13.5. The molecule has 0 fully saturated rings. The number of carbonyl (C=O) groups is 2. The molecule has 28 heavy (non-hydrogen) atoms. The van der Waals surface area contributed by atoms with E-state index in [0.717, 1.165) is 15.8 Å². The Hall–Kier alpha value is -3.13. The largest absolute Gasteiger partial charge is 0.489 e. The van der Waals surface area contributed by atoms with Crippen molar-refractivity contribution >= 4 is 33.5 Å². The van der Waals surface area contributed by atoms with E-state index in [2.05, 4.69) is 26.3 Å². The molecule has 1 heterocycles. The quantitative estimate of drug-likeness (QED) is 0.585. The first-order valence-electron chi connectivity index (χ1n) is 8.37. The summed E-state index contributed by atoms with van der Waals surface area (Å²) in [5, 5.41) is 6.72. The van der Waals surface area contributed by atoms with Gasteiger partial charge in [0.25, 0.3) is 5.91 Å². The number of ether oxygens (including phenoxy) is 2. The molecule has 1 N–H and O–H groups in total. The molecule has 0 spiro atoms. The minimum absolute atomic E-state index is 0.0491. The Kier molecular flexibility index (Phi) is 6.10. The molecule has 144 valence electrons. The first kappa shape index (κ1) is 19.6. The van der Waals surface area contributed by atoms with E-state index in [0.29, 0.717) is 12.2 Å². The van der Waals surface area contributed by atoms with E-state index in [1.807, 2.05) is 30.3 Å². The molecule has 0 unspecified atom stereocenters. The number of rotatable bonds is 6. The van der Waals surface area contributed by atoms with E-state index in [4.69, 9.17) is 9.47 Å². The molecule has 1 amide bonds. The van der Waals surface area contributed by atoms with Crippen LogP contribution in [0.2, 0.25) is 0 Å². The van der Waals surface area contributed by atoms with Crippen LogP contribution >= 0.6 is 15.9 Å². The van der Waals surface area contributed by atoms with Crippen LogP contribution in [0.5, 0.6) is 5.75 Å². The van der Waals surface area contributed by atoms with Crippen LogP contribution in [-0.4, -0.2) is 28.8 Å². The molecule has 3 aromatic rings. The number of carbonyl (C=O) groups excluding carboxylic acids is 2. The number of aromatic nitrogens is 2. The Morgan fingerprint density at radius 1 is 1.18 bits per heavy atom. The SMILES string of the molecule is COC(=O)c1nn(C)cc1NC(=O)c1cccc(COc2ccc(Br)cc2)c1. The van der Waals surface area contributed by atoms with Crippen molar-refractivity contribution in [2.75, 3.05) is 12.4 Å². The minimum Gasteiger partial charge on any atom is -0.489 e. The topological polar surface area (TPSA) is 82.5 Å². The number of halogens is 1. The van der Waals surface area contributed by atoms with Gasteiger partial charge < -0.3 is 14.8 Å². The molecule has 1 aromatic heterocycles. The highest BCUT2D eigenvalue weighted by atomic mass is 79.9. The van der Waals surface area contributed by atoms with Crippen molar-refractivity contribution in [3.05, 3.63) is 76.0 Å². The third kappa shape index (κ3) is 4.77. The van der Waals surface area contributed by atoms with Crippen molar-refractivity contribution in [2.24, 2.45) is 7.05 Å². The number of hydrogen-bond donors (Lipinski definition) is 1. The molecule has 0 aliphatic carbocycles. The molecule has 2 aromatic carbocycles. The normalized spacial score (nSPS) is 10.4. The Bertz CT molecular complexity index is 999. The number of benzene rings is 2. The smallest absolute Gasteiger partial charge is 0.360 e. The molecule has 0 atom stereocenters. The lowest BCUT2D eigenvalue weighted by molar-refractivity contribution is 0.0594. The molecule has 0 saturated carbocycles. The summed E-state index contributed by atoms with van der Waals surface area (Å²) in [6, 6.07) is 14.6. The monoisotopic (exact) mass is 443 g/mol. The van der Waals surface area contributed by atoms with Crippen molar-refractivity contribution in [3.8, 4) is 5.75 Å². The number of aryl methyl sites for hydroxylation is 1.